The van der Waals surface area contributed by atoms with Crippen molar-refractivity contribution in [2.45, 2.75) is 26.8 Å². The average molecular weight is 536 g/mol. The van der Waals surface area contributed by atoms with E-state index in [2.05, 4.69) is 76.7 Å². The molecule has 2 aromatic carbocycles. The third kappa shape index (κ3) is 6.68. The zero-order valence-electron chi connectivity index (χ0n) is 23.5. The third-order valence-electron chi connectivity index (χ3n) is 7.31. The van der Waals surface area contributed by atoms with Crippen LogP contribution in [-0.2, 0) is 6.54 Å². The zero-order chi connectivity index (χ0) is 27.9. The van der Waals surface area contributed by atoms with Crippen LogP contribution in [0, 0.1) is 6.92 Å². The Hall–Kier alpha value is -4.20. The number of hydrogen-bond acceptors (Lipinski definition) is 6. The second kappa shape index (κ2) is 12.8. The summed E-state index contributed by atoms with van der Waals surface area (Å²) in [6, 6.07) is 20.0. The lowest BCUT2D eigenvalue weighted by Crippen LogP contribution is -2.43. The maximum absolute atomic E-state index is 13.2. The molecule has 2 N–H and O–H groups in total. The number of amides is 1. The molecule has 1 saturated heterocycles. The van der Waals surface area contributed by atoms with Crippen molar-refractivity contribution in [3.05, 3.63) is 108 Å². The number of likely N-dealkylation sites (N-methyl/N-ethyl adjacent to an activating group) is 1. The number of carbonyl (C=O) groups excluding carboxylic acids is 1. The first-order chi connectivity index (χ1) is 19.5. The molecule has 0 saturated carbocycles. The quantitative estimate of drug-likeness (QED) is 0.254. The van der Waals surface area contributed by atoms with E-state index >= 15 is 0 Å². The molecule has 0 radical (unpaired) electrons. The predicted molar refractivity (Wildman–Crippen MR) is 162 cm³/mol. The molecule has 4 aromatic rings. The van der Waals surface area contributed by atoms with E-state index in [4.69, 9.17) is 4.42 Å². The molecule has 0 unspecified atom stereocenters. The Balaban J connectivity index is 1.29. The van der Waals surface area contributed by atoms with E-state index in [0.717, 1.165) is 84.2 Å². The number of piperazine rings is 1. The van der Waals surface area contributed by atoms with Crippen LogP contribution in [0.15, 0.2) is 89.9 Å². The van der Waals surface area contributed by atoms with E-state index in [1.165, 1.54) is 0 Å². The molecule has 206 valence electrons. The van der Waals surface area contributed by atoms with Crippen LogP contribution < -0.4 is 10.6 Å². The van der Waals surface area contributed by atoms with Gasteiger partial charge in [-0.3, -0.25) is 14.7 Å². The first kappa shape index (κ1) is 27.4. The van der Waals surface area contributed by atoms with Crippen molar-refractivity contribution in [2.24, 2.45) is 0 Å². The summed E-state index contributed by atoms with van der Waals surface area (Å²) >= 11 is 0. The van der Waals surface area contributed by atoms with Crippen LogP contribution in [0.1, 0.15) is 40.4 Å². The van der Waals surface area contributed by atoms with E-state index in [9.17, 15) is 4.79 Å². The number of hydrogen-bond donors (Lipinski definition) is 2. The van der Waals surface area contributed by atoms with Crippen LogP contribution in [0.4, 0.5) is 11.4 Å². The summed E-state index contributed by atoms with van der Waals surface area (Å²) in [4.78, 5) is 22.6. The van der Waals surface area contributed by atoms with Crippen LogP contribution in [0.3, 0.4) is 0 Å². The number of benzene rings is 2. The summed E-state index contributed by atoms with van der Waals surface area (Å²) in [6.07, 6.45) is 8.10. The number of nitrogens with one attached hydrogen (secondary N) is 2. The monoisotopic (exact) mass is 535 g/mol. The molecule has 40 heavy (non-hydrogen) atoms. The molecule has 0 spiro atoms. The van der Waals surface area contributed by atoms with Gasteiger partial charge in [-0.15, -0.1) is 0 Å². The Kier molecular flexibility index (Phi) is 8.74. The summed E-state index contributed by atoms with van der Waals surface area (Å²) in [5.74, 6) is -0.161. The molecular weight excluding hydrogens is 498 g/mol. The molecular formula is C33H37N5O2. The largest absolute Gasteiger partial charge is 0.472 e. The SMILES string of the molecule is CC/C=C(\Nc1ccc(C)c(-c2ccc(C(=O)Nc3ccccc3CN3CCN(C)CC3)cn2)c1)c1ccoc1. The third-order valence-corrected chi connectivity index (χ3v) is 7.31. The second-order valence-electron chi connectivity index (χ2n) is 10.3. The van der Waals surface area contributed by atoms with E-state index in [0.29, 0.717) is 5.56 Å². The highest BCUT2D eigenvalue weighted by Crippen LogP contribution is 2.28. The Morgan fingerprint density at radius 3 is 2.55 bits per heavy atom. The first-order valence-electron chi connectivity index (χ1n) is 13.9. The highest BCUT2D eigenvalue weighted by molar-refractivity contribution is 6.04. The number of nitrogens with zero attached hydrogens (tertiary/aromatic N) is 3. The lowest BCUT2D eigenvalue weighted by Gasteiger charge is -2.32. The molecule has 3 heterocycles. The van der Waals surface area contributed by atoms with Gasteiger partial charge >= 0.3 is 0 Å². The van der Waals surface area contributed by atoms with Gasteiger partial charge < -0.3 is 20.0 Å². The molecule has 0 bridgehead atoms. The number of allylic oxidation sites excluding steroid dienone is 1. The van der Waals surface area contributed by atoms with E-state index in [-0.39, 0.29) is 5.91 Å². The van der Waals surface area contributed by atoms with Gasteiger partial charge in [-0.1, -0.05) is 37.3 Å². The normalized spacial score (nSPS) is 14.7. The molecule has 1 aliphatic heterocycles. The number of aryl methyl sites for hydroxylation is 1. The molecule has 1 amide bonds. The molecule has 0 aliphatic carbocycles. The minimum Gasteiger partial charge on any atom is -0.472 e. The Bertz CT molecular complexity index is 1450. The maximum atomic E-state index is 13.2. The van der Waals surface area contributed by atoms with E-state index in [1.807, 2.05) is 36.4 Å². The van der Waals surface area contributed by atoms with Crippen molar-refractivity contribution in [1.82, 2.24) is 14.8 Å². The lowest BCUT2D eigenvalue weighted by atomic mass is 10.0. The number of aromatic nitrogens is 1. The predicted octanol–water partition coefficient (Wildman–Crippen LogP) is 6.51. The smallest absolute Gasteiger partial charge is 0.257 e. The first-order valence-corrected chi connectivity index (χ1v) is 13.9. The molecule has 7 nitrogen and oxygen atoms in total. The van der Waals surface area contributed by atoms with Crippen LogP contribution in [0.2, 0.25) is 0 Å². The van der Waals surface area contributed by atoms with Gasteiger partial charge in [0, 0.05) is 67.1 Å². The number of furan rings is 1. The molecule has 2 aromatic heterocycles. The van der Waals surface area contributed by atoms with Crippen molar-refractivity contribution in [3.8, 4) is 11.3 Å². The number of carbonyl (C=O) groups is 1. The molecule has 7 heteroatoms. The topological polar surface area (TPSA) is 73.6 Å². The number of para-hydroxylation sites is 1. The van der Waals surface area contributed by atoms with E-state index < -0.39 is 0 Å². The van der Waals surface area contributed by atoms with Crippen molar-refractivity contribution < 1.29 is 9.21 Å². The summed E-state index contributed by atoms with van der Waals surface area (Å²) in [7, 11) is 2.16. The Morgan fingerprint density at radius 2 is 1.82 bits per heavy atom. The highest BCUT2D eigenvalue weighted by atomic mass is 16.3. The summed E-state index contributed by atoms with van der Waals surface area (Å²) in [6.45, 7) is 9.17. The van der Waals surface area contributed by atoms with Gasteiger partial charge in [-0.05, 0) is 67.9 Å². The highest BCUT2D eigenvalue weighted by Gasteiger charge is 2.17. The van der Waals surface area contributed by atoms with Crippen LogP contribution in [0.25, 0.3) is 17.0 Å². The van der Waals surface area contributed by atoms with E-state index in [1.54, 1.807) is 18.7 Å². The lowest BCUT2D eigenvalue weighted by molar-refractivity contribution is 0.102. The minimum atomic E-state index is -0.161. The second-order valence-corrected chi connectivity index (χ2v) is 10.3. The van der Waals surface area contributed by atoms with Crippen LogP contribution in [-0.4, -0.2) is 53.9 Å². The van der Waals surface area contributed by atoms with Gasteiger partial charge in [-0.2, -0.15) is 0 Å². The Labute approximate surface area is 236 Å². The number of pyridine rings is 1. The fourth-order valence-corrected chi connectivity index (χ4v) is 4.90. The Morgan fingerprint density at radius 1 is 1.00 bits per heavy atom. The van der Waals surface area contributed by atoms with Crippen molar-refractivity contribution in [1.29, 1.82) is 0 Å². The van der Waals surface area contributed by atoms with Gasteiger partial charge in [0.2, 0.25) is 0 Å². The molecule has 1 aliphatic rings. The number of anilines is 2. The van der Waals surface area contributed by atoms with Gasteiger partial charge in [0.25, 0.3) is 5.91 Å². The number of rotatable bonds is 9. The summed E-state index contributed by atoms with van der Waals surface area (Å²) in [5.41, 5.74) is 8.39. The minimum absolute atomic E-state index is 0.161. The van der Waals surface area contributed by atoms with Gasteiger partial charge in [0.15, 0.2) is 0 Å². The van der Waals surface area contributed by atoms with Crippen LogP contribution >= 0.6 is 0 Å². The summed E-state index contributed by atoms with van der Waals surface area (Å²) in [5, 5.41) is 6.63. The molecule has 0 atom stereocenters. The summed E-state index contributed by atoms with van der Waals surface area (Å²) < 4.78 is 5.28. The standard InChI is InChI=1S/C33H37N5O2/c1-4-7-30(27-14-19-40-23-27)35-28-12-10-24(2)29(20-28)32-13-11-25(21-34-32)33(39)36-31-9-6-5-8-26(31)22-38-17-15-37(3)16-18-38/h5-14,19-21,23,35H,4,15-18,22H2,1-3H3,(H,36,39)/b30-7-. The maximum Gasteiger partial charge on any atom is 0.257 e. The fraction of sp³-hybridized carbons (Fsp3) is 0.273. The van der Waals surface area contributed by atoms with Gasteiger partial charge in [-0.25, -0.2) is 0 Å². The average Bonchev–Trinajstić information content (AvgIpc) is 3.51. The van der Waals surface area contributed by atoms with Gasteiger partial charge in [0.05, 0.1) is 23.8 Å². The zero-order valence-corrected chi connectivity index (χ0v) is 23.5. The van der Waals surface area contributed by atoms with Crippen molar-refractivity contribution in [2.75, 3.05) is 43.9 Å². The van der Waals surface area contributed by atoms with Crippen LogP contribution in [0.5, 0.6) is 0 Å². The van der Waals surface area contributed by atoms with Crippen molar-refractivity contribution in [3.63, 3.8) is 0 Å². The fourth-order valence-electron chi connectivity index (χ4n) is 4.90. The molecule has 5 rings (SSSR count). The van der Waals surface area contributed by atoms with Gasteiger partial charge in [0.1, 0.15) is 0 Å². The van der Waals surface area contributed by atoms with Crippen molar-refractivity contribution >= 4 is 23.0 Å². The molecule has 1 fully saturated rings.